The van der Waals surface area contributed by atoms with E-state index in [1.54, 1.807) is 0 Å². The van der Waals surface area contributed by atoms with E-state index in [1.165, 1.54) is 173 Å². The molecule has 0 aliphatic heterocycles. The summed E-state index contributed by atoms with van der Waals surface area (Å²) in [5, 5.41) is 9.01. The van der Waals surface area contributed by atoms with Crippen LogP contribution in [0, 0.1) is 0 Å². The third-order valence-corrected chi connectivity index (χ3v) is 9.49. The molecule has 4 heteroatoms. The molecule has 0 aromatic carbocycles. The van der Waals surface area contributed by atoms with Crippen molar-refractivity contribution in [2.24, 2.45) is 0 Å². The maximum Gasteiger partial charge on any atom is 0.306 e. The van der Waals surface area contributed by atoms with Crippen molar-refractivity contribution in [2.75, 3.05) is 0 Å². The van der Waals surface area contributed by atoms with E-state index in [-0.39, 0.29) is 18.5 Å². The summed E-state index contributed by atoms with van der Waals surface area (Å²) >= 11 is 0. The normalized spacial score (nSPS) is 12.2. The van der Waals surface area contributed by atoms with Gasteiger partial charge in [0.2, 0.25) is 0 Å². The average molecular weight is 649 g/mol. The van der Waals surface area contributed by atoms with Gasteiger partial charge in [0.05, 0.1) is 0 Å². The Bertz CT molecular complexity index is 658. The molecular weight excluding hydrogens is 568 g/mol. The number of carboxylic acids is 1. The lowest BCUT2D eigenvalue weighted by atomic mass is 10.0. The Morgan fingerprint density at radius 3 is 1.22 bits per heavy atom. The zero-order valence-corrected chi connectivity index (χ0v) is 31.2. The molecule has 0 aromatic heterocycles. The van der Waals surface area contributed by atoms with E-state index in [0.717, 1.165) is 25.7 Å². The Morgan fingerprint density at radius 1 is 0.457 bits per heavy atom. The molecule has 0 fully saturated rings. The summed E-state index contributed by atoms with van der Waals surface area (Å²) in [6, 6.07) is 0. The van der Waals surface area contributed by atoms with Crippen LogP contribution in [0.4, 0.5) is 0 Å². The standard InChI is InChI=1S/C42H80O4/c1-3-5-7-9-11-13-15-16-17-18-19-20-21-22-23-24-26-28-30-32-34-39-42(45)46-40(37-35-38-41(43)44)36-33-31-29-27-25-14-12-10-8-6-4-2/h16-17,40H,3-15,18-39H2,1-2H3,(H,43,44)/b17-16-. The maximum atomic E-state index is 12.5. The van der Waals surface area contributed by atoms with E-state index >= 15 is 0 Å². The minimum absolute atomic E-state index is 0.0864. The topological polar surface area (TPSA) is 63.6 Å². The molecule has 0 aliphatic carbocycles. The summed E-state index contributed by atoms with van der Waals surface area (Å²) in [7, 11) is 0. The Hall–Kier alpha value is -1.32. The molecule has 0 rings (SSSR count). The van der Waals surface area contributed by atoms with Gasteiger partial charge >= 0.3 is 11.9 Å². The molecule has 0 aromatic rings. The highest BCUT2D eigenvalue weighted by Crippen LogP contribution is 2.18. The van der Waals surface area contributed by atoms with Gasteiger partial charge in [-0.25, -0.2) is 0 Å². The SMILES string of the molecule is CCCCCCCC/C=C\CCCCCCCCCCCCCC(=O)OC(CCCCCCCCCCCCC)CCCC(=O)O. The molecule has 4 nitrogen and oxygen atoms in total. The van der Waals surface area contributed by atoms with Gasteiger partial charge in [-0.2, -0.15) is 0 Å². The molecule has 0 spiro atoms. The highest BCUT2D eigenvalue weighted by Gasteiger charge is 2.15. The second kappa shape index (κ2) is 38.1. The van der Waals surface area contributed by atoms with E-state index < -0.39 is 5.97 Å². The van der Waals surface area contributed by atoms with Crippen molar-refractivity contribution in [3.05, 3.63) is 12.2 Å². The van der Waals surface area contributed by atoms with Crippen molar-refractivity contribution in [3.63, 3.8) is 0 Å². The van der Waals surface area contributed by atoms with Crippen LogP contribution in [0.2, 0.25) is 0 Å². The minimum Gasteiger partial charge on any atom is -0.481 e. The molecule has 0 heterocycles. The number of allylic oxidation sites excluding steroid dienone is 2. The monoisotopic (exact) mass is 649 g/mol. The summed E-state index contributed by atoms with van der Waals surface area (Å²) in [6.45, 7) is 4.54. The number of rotatable bonds is 38. The van der Waals surface area contributed by atoms with E-state index in [2.05, 4.69) is 26.0 Å². The first-order valence-corrected chi connectivity index (χ1v) is 20.7. The molecule has 0 radical (unpaired) electrons. The van der Waals surface area contributed by atoms with Gasteiger partial charge in [0.15, 0.2) is 0 Å². The lowest BCUT2D eigenvalue weighted by Crippen LogP contribution is -2.18. The van der Waals surface area contributed by atoms with Crippen LogP contribution < -0.4 is 0 Å². The van der Waals surface area contributed by atoms with Gasteiger partial charge in [-0.05, 0) is 57.8 Å². The molecule has 1 N–H and O–H groups in total. The maximum absolute atomic E-state index is 12.5. The van der Waals surface area contributed by atoms with Crippen LogP contribution >= 0.6 is 0 Å². The van der Waals surface area contributed by atoms with Crippen LogP contribution in [0.1, 0.15) is 239 Å². The number of unbranched alkanes of at least 4 members (excludes halogenated alkanes) is 27. The molecule has 0 aliphatic rings. The van der Waals surface area contributed by atoms with Crippen LogP contribution in [0.15, 0.2) is 12.2 Å². The van der Waals surface area contributed by atoms with Crippen LogP contribution in [-0.4, -0.2) is 23.1 Å². The summed E-state index contributed by atoms with van der Waals surface area (Å²) in [4.78, 5) is 23.5. The molecule has 0 bridgehead atoms. The number of aliphatic carboxylic acids is 1. The molecule has 0 amide bonds. The number of carboxylic acid groups (broad SMARTS) is 1. The number of esters is 1. The molecule has 1 atom stereocenters. The summed E-state index contributed by atoms with van der Waals surface area (Å²) < 4.78 is 5.83. The quantitative estimate of drug-likeness (QED) is 0.0411. The summed E-state index contributed by atoms with van der Waals surface area (Å²) in [5.41, 5.74) is 0. The molecule has 46 heavy (non-hydrogen) atoms. The van der Waals surface area contributed by atoms with Crippen LogP contribution in [0.5, 0.6) is 0 Å². The van der Waals surface area contributed by atoms with Crippen molar-refractivity contribution >= 4 is 11.9 Å². The predicted octanol–water partition coefficient (Wildman–Crippen LogP) is 14.2. The summed E-state index contributed by atoms with van der Waals surface area (Å²) in [5.74, 6) is -0.853. The smallest absolute Gasteiger partial charge is 0.306 e. The van der Waals surface area contributed by atoms with Gasteiger partial charge in [-0.15, -0.1) is 0 Å². The van der Waals surface area contributed by atoms with Gasteiger partial charge in [0, 0.05) is 12.8 Å². The van der Waals surface area contributed by atoms with Crippen molar-refractivity contribution < 1.29 is 19.4 Å². The molecule has 0 saturated carbocycles. The number of carbonyl (C=O) groups is 2. The van der Waals surface area contributed by atoms with Gasteiger partial charge in [0.1, 0.15) is 6.10 Å². The fourth-order valence-electron chi connectivity index (χ4n) is 6.42. The molecule has 1 unspecified atom stereocenters. The van der Waals surface area contributed by atoms with E-state index in [4.69, 9.17) is 9.84 Å². The summed E-state index contributed by atoms with van der Waals surface area (Å²) in [6.07, 6.45) is 46.7. The largest absolute Gasteiger partial charge is 0.481 e. The Labute approximate surface area is 287 Å². The Morgan fingerprint density at radius 2 is 0.804 bits per heavy atom. The number of hydrogen-bond acceptors (Lipinski definition) is 3. The van der Waals surface area contributed by atoms with E-state index in [0.29, 0.717) is 19.3 Å². The van der Waals surface area contributed by atoms with E-state index in [9.17, 15) is 9.59 Å². The second-order valence-electron chi connectivity index (χ2n) is 14.2. The third-order valence-electron chi connectivity index (χ3n) is 9.49. The third kappa shape index (κ3) is 37.1. The van der Waals surface area contributed by atoms with Crippen LogP contribution in [0.25, 0.3) is 0 Å². The lowest BCUT2D eigenvalue weighted by molar-refractivity contribution is -0.150. The zero-order chi connectivity index (χ0) is 33.6. The Kier molecular flexibility index (Phi) is 37.0. The van der Waals surface area contributed by atoms with Crippen molar-refractivity contribution in [1.82, 2.24) is 0 Å². The van der Waals surface area contributed by atoms with Gasteiger partial charge in [0.25, 0.3) is 0 Å². The molecule has 0 saturated heterocycles. The first kappa shape index (κ1) is 44.7. The molecule has 272 valence electrons. The highest BCUT2D eigenvalue weighted by molar-refractivity contribution is 5.69. The highest BCUT2D eigenvalue weighted by atomic mass is 16.5. The van der Waals surface area contributed by atoms with Crippen LogP contribution in [-0.2, 0) is 14.3 Å². The zero-order valence-electron chi connectivity index (χ0n) is 31.2. The second-order valence-corrected chi connectivity index (χ2v) is 14.2. The van der Waals surface area contributed by atoms with Crippen molar-refractivity contribution in [1.29, 1.82) is 0 Å². The minimum atomic E-state index is -0.767. The molecular formula is C42H80O4. The lowest BCUT2D eigenvalue weighted by Gasteiger charge is -2.18. The first-order valence-electron chi connectivity index (χ1n) is 20.7. The Balaban J connectivity index is 3.69. The average Bonchev–Trinajstić information content (AvgIpc) is 3.04. The van der Waals surface area contributed by atoms with Gasteiger partial charge < -0.3 is 9.84 Å². The van der Waals surface area contributed by atoms with Gasteiger partial charge in [-0.1, -0.05) is 180 Å². The number of carbonyl (C=O) groups excluding carboxylic acids is 1. The van der Waals surface area contributed by atoms with E-state index in [1.807, 2.05) is 0 Å². The van der Waals surface area contributed by atoms with Crippen LogP contribution in [0.3, 0.4) is 0 Å². The fourth-order valence-corrected chi connectivity index (χ4v) is 6.42. The van der Waals surface area contributed by atoms with Crippen molar-refractivity contribution in [2.45, 2.75) is 245 Å². The number of hydrogen-bond donors (Lipinski definition) is 1. The first-order chi connectivity index (χ1) is 22.6. The predicted molar refractivity (Wildman–Crippen MR) is 200 cm³/mol. The van der Waals surface area contributed by atoms with Crippen molar-refractivity contribution in [3.8, 4) is 0 Å². The fraction of sp³-hybridized carbons (Fsp3) is 0.905. The van der Waals surface area contributed by atoms with Gasteiger partial charge in [-0.3, -0.25) is 9.59 Å². The number of ether oxygens (including phenoxy) is 1.